The van der Waals surface area contributed by atoms with Gasteiger partial charge in [0, 0.05) is 17.8 Å². The molecule has 3 aromatic rings. The molecule has 5 atom stereocenters. The van der Waals surface area contributed by atoms with Crippen molar-refractivity contribution in [2.24, 2.45) is 28.4 Å². The minimum Gasteiger partial charge on any atom is -0.345 e. The number of piperidine rings is 1. The van der Waals surface area contributed by atoms with Crippen molar-refractivity contribution in [3.05, 3.63) is 77.4 Å². The zero-order chi connectivity index (χ0) is 29.9. The van der Waals surface area contributed by atoms with E-state index in [4.69, 9.17) is 5.73 Å². The summed E-state index contributed by atoms with van der Waals surface area (Å²) in [5.74, 6) is -0.294. The summed E-state index contributed by atoms with van der Waals surface area (Å²) in [5, 5.41) is 8.38. The maximum atomic E-state index is 13.7. The summed E-state index contributed by atoms with van der Waals surface area (Å²) in [6, 6.07) is 18.1. The van der Waals surface area contributed by atoms with Gasteiger partial charge in [0.25, 0.3) is 5.91 Å². The highest BCUT2D eigenvalue weighted by atomic mass is 16.2. The van der Waals surface area contributed by atoms with Crippen LogP contribution in [0.15, 0.2) is 60.7 Å². The fraction of sp³-hybridized carbons (Fsp3) is 0.441. The molecule has 7 nitrogen and oxygen atoms in total. The van der Waals surface area contributed by atoms with Crippen molar-refractivity contribution in [2.45, 2.75) is 66.6 Å². The van der Waals surface area contributed by atoms with Gasteiger partial charge in [0.1, 0.15) is 6.04 Å². The molecule has 4 N–H and O–H groups in total. The lowest BCUT2D eigenvalue weighted by Crippen LogP contribution is -2.56. The first-order valence-corrected chi connectivity index (χ1v) is 14.5. The molecule has 0 radical (unpaired) electrons. The quantitative estimate of drug-likeness (QED) is 0.378. The predicted octanol–water partition coefficient (Wildman–Crippen LogP) is 5.43. The van der Waals surface area contributed by atoms with E-state index in [-0.39, 0.29) is 41.0 Å². The molecule has 0 spiro atoms. The summed E-state index contributed by atoms with van der Waals surface area (Å²) < 4.78 is 0. The Kier molecular flexibility index (Phi) is 7.23. The van der Waals surface area contributed by atoms with Crippen LogP contribution in [0.2, 0.25) is 0 Å². The Balaban J connectivity index is 1.34. The summed E-state index contributed by atoms with van der Waals surface area (Å²) in [6.07, 6.45) is 0. The molecular weight excluding hydrogens is 512 g/mol. The first kappa shape index (κ1) is 28.8. The van der Waals surface area contributed by atoms with Gasteiger partial charge >= 0.3 is 0 Å². The third-order valence-electron chi connectivity index (χ3n) is 9.35. The van der Waals surface area contributed by atoms with Gasteiger partial charge in [-0.3, -0.25) is 14.4 Å². The Hall–Kier alpha value is -3.71. The summed E-state index contributed by atoms with van der Waals surface area (Å²) in [5.41, 5.74) is 8.77. The molecule has 1 saturated heterocycles. The average Bonchev–Trinajstić information content (AvgIpc) is 3.23. The number of nitrogens with one attached hydrogen (secondary N) is 2. The van der Waals surface area contributed by atoms with E-state index in [2.05, 4.69) is 42.7 Å². The van der Waals surface area contributed by atoms with E-state index in [0.717, 1.165) is 21.9 Å². The molecule has 2 aliphatic rings. The Labute approximate surface area is 242 Å². The molecule has 0 bridgehead atoms. The molecule has 0 aromatic heterocycles. The van der Waals surface area contributed by atoms with Crippen LogP contribution in [-0.4, -0.2) is 41.2 Å². The SMILES string of the molecule is Cc1ccc(NC(=O)[C@@H]2[C@@H]3[C@H](CN2C(=O)C(N)C(C)(C)C)C3(C)C)cc1C(=O)N[C@H](C)c1cccc2ccccc12. The van der Waals surface area contributed by atoms with Gasteiger partial charge in [0.2, 0.25) is 11.8 Å². The second-order valence-electron chi connectivity index (χ2n) is 13.5. The number of nitrogens with two attached hydrogens (primary N) is 1. The monoisotopic (exact) mass is 554 g/mol. The molecule has 1 saturated carbocycles. The van der Waals surface area contributed by atoms with Crippen LogP contribution in [0, 0.1) is 29.6 Å². The zero-order valence-electron chi connectivity index (χ0n) is 25.1. The van der Waals surface area contributed by atoms with E-state index in [1.165, 1.54) is 0 Å². The van der Waals surface area contributed by atoms with Gasteiger partial charge in [-0.25, -0.2) is 0 Å². The largest absolute Gasteiger partial charge is 0.345 e. The number of benzene rings is 3. The van der Waals surface area contributed by atoms with Crippen LogP contribution in [0.5, 0.6) is 0 Å². The molecule has 216 valence electrons. The molecule has 3 amide bonds. The number of hydrogen-bond acceptors (Lipinski definition) is 4. The van der Waals surface area contributed by atoms with E-state index in [1.807, 2.05) is 65.0 Å². The summed E-state index contributed by atoms with van der Waals surface area (Å²) in [6.45, 7) is 14.5. The van der Waals surface area contributed by atoms with Crippen LogP contribution in [0.25, 0.3) is 10.8 Å². The molecule has 1 heterocycles. The first-order chi connectivity index (χ1) is 19.2. The number of aryl methyl sites for hydroxylation is 1. The minimum atomic E-state index is -0.697. The van der Waals surface area contributed by atoms with Crippen molar-refractivity contribution in [2.75, 3.05) is 11.9 Å². The van der Waals surface area contributed by atoms with E-state index in [9.17, 15) is 14.4 Å². The lowest BCUT2D eigenvalue weighted by molar-refractivity contribution is -0.141. The lowest BCUT2D eigenvalue weighted by Gasteiger charge is -2.35. The molecule has 2 fully saturated rings. The van der Waals surface area contributed by atoms with Gasteiger partial charge in [0.15, 0.2) is 0 Å². The number of fused-ring (bicyclic) bond motifs is 2. The van der Waals surface area contributed by atoms with Crippen molar-refractivity contribution in [3.8, 4) is 0 Å². The highest BCUT2D eigenvalue weighted by Crippen LogP contribution is 2.65. The van der Waals surface area contributed by atoms with Crippen LogP contribution < -0.4 is 16.4 Å². The number of hydrogen-bond donors (Lipinski definition) is 3. The highest BCUT2D eigenvalue weighted by molar-refractivity contribution is 6.02. The van der Waals surface area contributed by atoms with E-state index >= 15 is 0 Å². The number of carbonyl (C=O) groups is 3. The summed E-state index contributed by atoms with van der Waals surface area (Å²) >= 11 is 0. The normalized spacial score (nSPS) is 22.5. The molecule has 41 heavy (non-hydrogen) atoms. The number of likely N-dealkylation sites (tertiary alicyclic amines) is 1. The fourth-order valence-corrected chi connectivity index (χ4v) is 6.50. The van der Waals surface area contributed by atoms with Crippen LogP contribution in [0.1, 0.15) is 69.1 Å². The average molecular weight is 555 g/mol. The van der Waals surface area contributed by atoms with Crippen molar-refractivity contribution < 1.29 is 14.4 Å². The first-order valence-electron chi connectivity index (χ1n) is 14.5. The molecule has 3 aromatic carbocycles. The Morgan fingerprint density at radius 2 is 1.71 bits per heavy atom. The Bertz CT molecular complexity index is 1520. The summed E-state index contributed by atoms with van der Waals surface area (Å²) in [7, 11) is 0. The second-order valence-corrected chi connectivity index (χ2v) is 13.5. The van der Waals surface area contributed by atoms with Crippen molar-refractivity contribution >= 4 is 34.2 Å². The van der Waals surface area contributed by atoms with Crippen LogP contribution in [-0.2, 0) is 9.59 Å². The topological polar surface area (TPSA) is 105 Å². The van der Waals surface area contributed by atoms with Gasteiger partial charge in [-0.15, -0.1) is 0 Å². The van der Waals surface area contributed by atoms with Crippen molar-refractivity contribution in [1.29, 1.82) is 0 Å². The number of anilines is 1. The fourth-order valence-electron chi connectivity index (χ4n) is 6.50. The zero-order valence-corrected chi connectivity index (χ0v) is 25.1. The maximum absolute atomic E-state index is 13.7. The van der Waals surface area contributed by atoms with Gasteiger partial charge < -0.3 is 21.3 Å². The molecule has 1 aliphatic heterocycles. The number of amides is 3. The second kappa shape index (κ2) is 10.3. The molecule has 5 rings (SSSR count). The van der Waals surface area contributed by atoms with E-state index in [1.54, 1.807) is 17.0 Å². The van der Waals surface area contributed by atoms with Crippen LogP contribution >= 0.6 is 0 Å². The van der Waals surface area contributed by atoms with Crippen LogP contribution in [0.4, 0.5) is 5.69 Å². The maximum Gasteiger partial charge on any atom is 0.252 e. The van der Waals surface area contributed by atoms with Crippen molar-refractivity contribution in [1.82, 2.24) is 10.2 Å². The van der Waals surface area contributed by atoms with Crippen molar-refractivity contribution in [3.63, 3.8) is 0 Å². The van der Waals surface area contributed by atoms with E-state index in [0.29, 0.717) is 17.8 Å². The van der Waals surface area contributed by atoms with Gasteiger partial charge in [-0.2, -0.15) is 0 Å². The molecule has 1 unspecified atom stereocenters. The third-order valence-corrected chi connectivity index (χ3v) is 9.35. The highest BCUT2D eigenvalue weighted by Gasteiger charge is 2.69. The molecular formula is C34H42N4O3. The number of rotatable bonds is 6. The standard InChI is InChI=1S/C34H42N4O3/c1-19-15-16-22(17-25(19)30(39)36-20(2)23-14-10-12-21-11-8-9-13-24(21)23)37-31(40)28-27-26(34(27,6)7)18-38(28)32(41)29(35)33(3,4)5/h8-17,20,26-29H,18,35H2,1-7H3,(H,36,39)(H,37,40)/t20-,26+,27+,28+,29?/m1/s1. The molecule has 1 aliphatic carbocycles. The smallest absolute Gasteiger partial charge is 0.252 e. The van der Waals surface area contributed by atoms with Gasteiger partial charge in [0.05, 0.1) is 12.1 Å². The summed E-state index contributed by atoms with van der Waals surface area (Å²) in [4.78, 5) is 42.3. The number of carbonyl (C=O) groups excluding carboxylic acids is 3. The Morgan fingerprint density at radius 3 is 2.41 bits per heavy atom. The molecule has 7 heteroatoms. The lowest BCUT2D eigenvalue weighted by atomic mass is 9.86. The van der Waals surface area contributed by atoms with Crippen LogP contribution in [0.3, 0.4) is 0 Å². The predicted molar refractivity (Wildman–Crippen MR) is 163 cm³/mol. The van der Waals surface area contributed by atoms with E-state index < -0.39 is 17.5 Å². The third kappa shape index (κ3) is 5.23. The van der Waals surface area contributed by atoms with Gasteiger partial charge in [-0.1, -0.05) is 83.1 Å². The van der Waals surface area contributed by atoms with Gasteiger partial charge in [-0.05, 0) is 70.5 Å². The number of nitrogens with zero attached hydrogens (tertiary/aromatic N) is 1. The Morgan fingerprint density at radius 1 is 1.02 bits per heavy atom. The minimum absolute atomic E-state index is 0.0132.